The zero-order valence-corrected chi connectivity index (χ0v) is 17.7. The van der Waals surface area contributed by atoms with Crippen molar-refractivity contribution in [1.29, 1.82) is 0 Å². The van der Waals surface area contributed by atoms with E-state index < -0.39 is 0 Å². The SMILES string of the molecule is COc1ccc(-c2cc3ccc(F)cc3c(-c3c[nH]c4ccc(Br)cc34)[n+]2N)cc1. The Hall–Kier alpha value is -3.38. The summed E-state index contributed by atoms with van der Waals surface area (Å²) < 4.78 is 22.1. The van der Waals surface area contributed by atoms with E-state index in [2.05, 4.69) is 20.9 Å². The topological polar surface area (TPSA) is 54.9 Å². The molecule has 0 spiro atoms. The molecule has 4 nitrogen and oxygen atoms in total. The van der Waals surface area contributed by atoms with Crippen molar-refractivity contribution in [3.8, 4) is 28.3 Å². The summed E-state index contributed by atoms with van der Waals surface area (Å²) in [5.41, 5.74) is 4.37. The maximum atomic E-state index is 14.2. The molecule has 0 aliphatic rings. The number of nitrogens with one attached hydrogen (secondary N) is 1. The van der Waals surface area contributed by atoms with Crippen LogP contribution in [0.2, 0.25) is 0 Å². The van der Waals surface area contributed by atoms with Crippen molar-refractivity contribution in [2.24, 2.45) is 0 Å². The number of benzene rings is 3. The molecule has 0 saturated carbocycles. The Bertz CT molecular complexity index is 1410. The van der Waals surface area contributed by atoms with Gasteiger partial charge in [-0.2, -0.15) is 0 Å². The van der Waals surface area contributed by atoms with Crippen molar-refractivity contribution in [1.82, 2.24) is 4.98 Å². The number of halogens is 2. The van der Waals surface area contributed by atoms with Crippen LogP contribution in [0.3, 0.4) is 0 Å². The second-order valence-electron chi connectivity index (χ2n) is 7.10. The minimum atomic E-state index is -0.304. The van der Waals surface area contributed by atoms with E-state index in [0.29, 0.717) is 0 Å². The van der Waals surface area contributed by atoms with Crippen LogP contribution in [0.1, 0.15) is 0 Å². The zero-order chi connectivity index (χ0) is 20.8. The van der Waals surface area contributed by atoms with Crippen molar-refractivity contribution in [2.75, 3.05) is 13.0 Å². The summed E-state index contributed by atoms with van der Waals surface area (Å²) in [6.07, 6.45) is 1.91. The van der Waals surface area contributed by atoms with Crippen LogP contribution in [0, 0.1) is 5.82 Å². The third kappa shape index (κ3) is 3.00. The van der Waals surface area contributed by atoms with Gasteiger partial charge in [0.25, 0.3) is 5.69 Å². The lowest BCUT2D eigenvalue weighted by Gasteiger charge is -2.09. The van der Waals surface area contributed by atoms with Gasteiger partial charge < -0.3 is 9.72 Å². The third-order valence-electron chi connectivity index (χ3n) is 5.35. The van der Waals surface area contributed by atoms with Crippen molar-refractivity contribution >= 4 is 37.6 Å². The molecule has 2 heterocycles. The maximum absolute atomic E-state index is 14.2. The van der Waals surface area contributed by atoms with Crippen LogP contribution in [-0.2, 0) is 0 Å². The fraction of sp³-hybridized carbons (Fsp3) is 0.0417. The molecular weight excluding hydrogens is 445 g/mol. The van der Waals surface area contributed by atoms with Crippen LogP contribution in [-0.4, -0.2) is 12.1 Å². The molecular formula is C24H18BrFN3O+. The first-order chi connectivity index (χ1) is 14.5. The number of hydrogen-bond donors (Lipinski definition) is 2. The molecule has 0 fully saturated rings. The number of aromatic amines is 1. The predicted octanol–water partition coefficient (Wildman–Crippen LogP) is 5.57. The number of aromatic nitrogens is 2. The van der Waals surface area contributed by atoms with Crippen molar-refractivity contribution in [3.63, 3.8) is 0 Å². The van der Waals surface area contributed by atoms with Crippen molar-refractivity contribution in [3.05, 3.63) is 83.2 Å². The van der Waals surface area contributed by atoms with Crippen LogP contribution in [0.15, 0.2) is 77.4 Å². The molecule has 0 saturated heterocycles. The highest BCUT2D eigenvalue weighted by atomic mass is 79.9. The Labute approximate surface area is 180 Å². The van der Waals surface area contributed by atoms with Gasteiger partial charge in [-0.1, -0.05) is 26.7 Å². The lowest BCUT2D eigenvalue weighted by Crippen LogP contribution is -2.48. The molecule has 148 valence electrons. The summed E-state index contributed by atoms with van der Waals surface area (Å²) in [5, 5.41) is 2.65. The van der Waals surface area contributed by atoms with Gasteiger partial charge >= 0.3 is 0 Å². The molecule has 3 N–H and O–H groups in total. The largest absolute Gasteiger partial charge is 0.497 e. The lowest BCUT2D eigenvalue weighted by atomic mass is 10.00. The fourth-order valence-corrected chi connectivity index (χ4v) is 4.24. The summed E-state index contributed by atoms with van der Waals surface area (Å²) in [4.78, 5) is 3.29. The Morgan fingerprint density at radius 3 is 2.53 bits per heavy atom. The number of methoxy groups -OCH3 is 1. The highest BCUT2D eigenvalue weighted by molar-refractivity contribution is 9.10. The predicted molar refractivity (Wildman–Crippen MR) is 121 cm³/mol. The molecule has 0 aliphatic heterocycles. The third-order valence-corrected chi connectivity index (χ3v) is 5.84. The van der Waals surface area contributed by atoms with Crippen LogP contribution >= 0.6 is 15.9 Å². The molecule has 2 aromatic heterocycles. The first-order valence-electron chi connectivity index (χ1n) is 9.40. The van der Waals surface area contributed by atoms with Crippen LogP contribution in [0.4, 0.5) is 4.39 Å². The number of pyridine rings is 1. The summed E-state index contributed by atoms with van der Waals surface area (Å²) >= 11 is 3.54. The highest BCUT2D eigenvalue weighted by Crippen LogP contribution is 2.35. The van der Waals surface area contributed by atoms with Gasteiger partial charge in [0.15, 0.2) is 0 Å². The minimum Gasteiger partial charge on any atom is -0.497 e. The molecule has 0 unspecified atom stereocenters. The number of rotatable bonds is 3. The Morgan fingerprint density at radius 2 is 1.77 bits per heavy atom. The van der Waals surface area contributed by atoms with Gasteiger partial charge in [0.2, 0.25) is 5.69 Å². The first-order valence-corrected chi connectivity index (χ1v) is 10.2. The molecule has 0 amide bonds. The van der Waals surface area contributed by atoms with Gasteiger partial charge in [0.05, 0.1) is 18.1 Å². The first kappa shape index (κ1) is 18.6. The van der Waals surface area contributed by atoms with E-state index in [4.69, 9.17) is 10.6 Å². The zero-order valence-electron chi connectivity index (χ0n) is 16.1. The van der Waals surface area contributed by atoms with Gasteiger partial charge in [0, 0.05) is 33.2 Å². The van der Waals surface area contributed by atoms with E-state index >= 15 is 0 Å². The van der Waals surface area contributed by atoms with Gasteiger partial charge in [-0.3, -0.25) is 0 Å². The summed E-state index contributed by atoms with van der Waals surface area (Å²) in [6.45, 7) is 0. The summed E-state index contributed by atoms with van der Waals surface area (Å²) in [6, 6.07) is 20.5. The minimum absolute atomic E-state index is 0.304. The summed E-state index contributed by atoms with van der Waals surface area (Å²) in [7, 11) is 1.63. The second-order valence-corrected chi connectivity index (χ2v) is 8.02. The molecule has 30 heavy (non-hydrogen) atoms. The Balaban J connectivity index is 1.86. The van der Waals surface area contributed by atoms with Crippen LogP contribution in [0.5, 0.6) is 5.75 Å². The molecule has 0 radical (unpaired) electrons. The van der Waals surface area contributed by atoms with Gasteiger partial charge in [-0.05, 0) is 60.0 Å². The molecule has 5 aromatic rings. The quantitative estimate of drug-likeness (QED) is 0.272. The van der Waals surface area contributed by atoms with E-state index in [1.165, 1.54) is 12.1 Å². The number of ether oxygens (including phenoxy) is 1. The Morgan fingerprint density at radius 1 is 0.967 bits per heavy atom. The maximum Gasteiger partial charge on any atom is 0.252 e. The molecule has 3 aromatic carbocycles. The van der Waals surface area contributed by atoms with Gasteiger partial charge in [-0.25, -0.2) is 10.2 Å². The monoisotopic (exact) mass is 462 g/mol. The number of nitrogen functional groups attached to an aromatic ring is 1. The number of H-pyrrole nitrogens is 1. The number of nitrogens with two attached hydrogens (primary N) is 1. The molecule has 0 bridgehead atoms. The van der Waals surface area contributed by atoms with E-state index in [1.54, 1.807) is 17.9 Å². The number of fused-ring (bicyclic) bond motifs is 2. The average Bonchev–Trinajstić information content (AvgIpc) is 3.16. The highest BCUT2D eigenvalue weighted by Gasteiger charge is 2.25. The molecule has 0 atom stereocenters. The number of nitrogens with zero attached hydrogens (tertiary/aromatic N) is 1. The normalized spacial score (nSPS) is 11.3. The molecule has 0 aliphatic carbocycles. The summed E-state index contributed by atoms with van der Waals surface area (Å²) in [5.74, 6) is 7.13. The van der Waals surface area contributed by atoms with Crippen LogP contribution < -0.4 is 15.3 Å². The van der Waals surface area contributed by atoms with Crippen molar-refractivity contribution in [2.45, 2.75) is 0 Å². The molecule has 6 heteroatoms. The standard InChI is InChI=1S/C24H17BrFN3O/c1-30-18-7-3-14(4-8-18)23-10-15-2-6-17(26)12-19(15)24(29(23)27)21-13-28-22-9-5-16(25)11-20(21)22/h2-13H,27H2,1H3/p+1. The fourth-order valence-electron chi connectivity index (χ4n) is 3.87. The van der Waals surface area contributed by atoms with Crippen LogP contribution in [0.25, 0.3) is 44.2 Å². The van der Waals surface area contributed by atoms with E-state index in [1.807, 2.05) is 54.7 Å². The average molecular weight is 463 g/mol. The lowest BCUT2D eigenvalue weighted by molar-refractivity contribution is -0.614. The number of hydrogen-bond acceptors (Lipinski definition) is 2. The van der Waals surface area contributed by atoms with Crippen molar-refractivity contribution < 1.29 is 13.8 Å². The van der Waals surface area contributed by atoms with E-state index in [-0.39, 0.29) is 5.82 Å². The van der Waals surface area contributed by atoms with E-state index in [0.717, 1.165) is 54.4 Å². The smallest absolute Gasteiger partial charge is 0.252 e. The van der Waals surface area contributed by atoms with Gasteiger partial charge in [0.1, 0.15) is 11.6 Å². The molecule has 5 rings (SSSR count). The second kappa shape index (κ2) is 7.15. The van der Waals surface area contributed by atoms with E-state index in [9.17, 15) is 4.39 Å². The van der Waals surface area contributed by atoms with Gasteiger partial charge in [-0.15, -0.1) is 0 Å². The Kier molecular flexibility index (Phi) is 4.44.